The summed E-state index contributed by atoms with van der Waals surface area (Å²) in [4.78, 5) is 19.6. The molecule has 0 saturated carbocycles. The van der Waals surface area contributed by atoms with Crippen molar-refractivity contribution in [3.63, 3.8) is 0 Å². The minimum absolute atomic E-state index is 0.0963. The van der Waals surface area contributed by atoms with E-state index in [1.165, 1.54) is 0 Å². The highest BCUT2D eigenvalue weighted by Crippen LogP contribution is 2.45. The number of fused-ring (bicyclic) bond motifs is 1. The lowest BCUT2D eigenvalue weighted by atomic mass is 9.95. The molecule has 0 bridgehead atoms. The summed E-state index contributed by atoms with van der Waals surface area (Å²) in [5.74, 6) is 1.92. The van der Waals surface area contributed by atoms with Crippen molar-refractivity contribution >= 4 is 34.6 Å². The number of aryl methyl sites for hydroxylation is 1. The molecule has 2 aromatic carbocycles. The van der Waals surface area contributed by atoms with E-state index in [0.717, 1.165) is 45.5 Å². The van der Waals surface area contributed by atoms with Gasteiger partial charge in [-0.3, -0.25) is 9.78 Å². The van der Waals surface area contributed by atoms with Gasteiger partial charge >= 0.3 is 0 Å². The molecule has 0 spiro atoms. The lowest BCUT2D eigenvalue weighted by molar-refractivity contribution is -0.123. The summed E-state index contributed by atoms with van der Waals surface area (Å²) in [6.45, 7) is 10.1. The van der Waals surface area contributed by atoms with Crippen LogP contribution in [0.3, 0.4) is 0 Å². The molecule has 4 aromatic rings. The van der Waals surface area contributed by atoms with Crippen molar-refractivity contribution in [1.82, 2.24) is 14.9 Å². The minimum Gasteiger partial charge on any atom is -0.494 e. The first-order valence-corrected chi connectivity index (χ1v) is 14.6. The molecule has 1 amide bonds. The number of aromatic nitrogens is 2. The number of hydrogen-bond acceptors (Lipinski definition) is 6. The first kappa shape index (κ1) is 28.5. The second-order valence-corrected chi connectivity index (χ2v) is 12.2. The van der Waals surface area contributed by atoms with E-state index in [4.69, 9.17) is 31.4 Å². The minimum atomic E-state index is -0.550. The molecular weight excluding hydrogens is 562 g/mol. The Morgan fingerprint density at radius 1 is 1.05 bits per heavy atom. The van der Waals surface area contributed by atoms with E-state index < -0.39 is 5.41 Å². The molecule has 2 aliphatic rings. The van der Waals surface area contributed by atoms with Crippen LogP contribution in [-0.2, 0) is 4.79 Å². The molecule has 9 nitrogen and oxygen atoms in total. The van der Waals surface area contributed by atoms with Gasteiger partial charge in [0.1, 0.15) is 5.75 Å². The Kier molecular flexibility index (Phi) is 7.25. The first-order chi connectivity index (χ1) is 20.6. The van der Waals surface area contributed by atoms with Crippen LogP contribution < -0.4 is 29.7 Å². The number of pyridine rings is 1. The van der Waals surface area contributed by atoms with Crippen LogP contribution in [0, 0.1) is 19.3 Å². The third-order valence-electron chi connectivity index (χ3n) is 7.89. The predicted octanol–water partition coefficient (Wildman–Crippen LogP) is 6.39. The van der Waals surface area contributed by atoms with Gasteiger partial charge in [0.15, 0.2) is 16.6 Å². The summed E-state index contributed by atoms with van der Waals surface area (Å²) >= 11 is 5.98. The standard InChI is InChI=1S/C33H35N5O4S/c1-19-15-23(20(2)37(19)21-11-13-26-28(17-21)42-18-41-26)30-29(25-9-7-8-14-34-25)36-32(43)38(30)22-10-12-24(27(16-22)40-6)35-31(39)33(3,4)5/h7-17,29-30H,18H2,1-6H3,(H,35,39)(H,36,43)/t29-,30-/m1/s1. The van der Waals surface area contributed by atoms with Gasteiger partial charge in [-0.25, -0.2) is 0 Å². The molecule has 2 N–H and O–H groups in total. The number of hydrogen-bond donors (Lipinski definition) is 2. The molecule has 0 aliphatic carbocycles. The topological polar surface area (TPSA) is 89.9 Å². The van der Waals surface area contributed by atoms with E-state index in [1.54, 1.807) is 13.3 Å². The molecule has 4 heterocycles. The van der Waals surface area contributed by atoms with Gasteiger partial charge in [-0.15, -0.1) is 0 Å². The number of thiocarbonyl (C=S) groups is 1. The number of nitrogens with one attached hydrogen (secondary N) is 2. The van der Waals surface area contributed by atoms with E-state index in [9.17, 15) is 4.79 Å². The predicted molar refractivity (Wildman–Crippen MR) is 170 cm³/mol. The van der Waals surface area contributed by atoms with Crippen LogP contribution in [0.25, 0.3) is 5.69 Å². The zero-order chi connectivity index (χ0) is 30.5. The Morgan fingerprint density at radius 2 is 1.81 bits per heavy atom. The number of benzene rings is 2. The van der Waals surface area contributed by atoms with Crippen molar-refractivity contribution in [2.24, 2.45) is 5.41 Å². The Labute approximate surface area is 256 Å². The SMILES string of the molecule is COc1cc(N2C(=S)N[C@H](c3ccccn3)[C@H]2c2cc(C)n(-c3ccc4c(c3)OCO4)c2C)ccc1NC(=O)C(C)(C)C. The van der Waals surface area contributed by atoms with Gasteiger partial charge in [-0.05, 0) is 74.1 Å². The number of rotatable bonds is 6. The average molecular weight is 598 g/mol. The fourth-order valence-electron chi connectivity index (χ4n) is 5.70. The fraction of sp³-hybridized carbons (Fsp3) is 0.303. The first-order valence-electron chi connectivity index (χ1n) is 14.2. The molecule has 2 aliphatic heterocycles. The van der Waals surface area contributed by atoms with Gasteiger partial charge in [0.05, 0.1) is 30.6 Å². The van der Waals surface area contributed by atoms with Crippen LogP contribution in [0.1, 0.15) is 55.5 Å². The maximum Gasteiger partial charge on any atom is 0.231 e. The van der Waals surface area contributed by atoms with E-state index in [1.807, 2.05) is 75.4 Å². The molecule has 2 atom stereocenters. The normalized spacial score (nSPS) is 17.6. The zero-order valence-electron chi connectivity index (χ0n) is 25.1. The molecule has 43 heavy (non-hydrogen) atoms. The second-order valence-electron chi connectivity index (χ2n) is 11.8. The Balaban J connectivity index is 1.45. The maximum absolute atomic E-state index is 12.8. The molecule has 1 fully saturated rings. The van der Waals surface area contributed by atoms with Crippen molar-refractivity contribution in [2.75, 3.05) is 24.1 Å². The molecule has 0 unspecified atom stereocenters. The number of methoxy groups -OCH3 is 1. The van der Waals surface area contributed by atoms with Crippen LogP contribution in [0.5, 0.6) is 17.2 Å². The van der Waals surface area contributed by atoms with Crippen molar-refractivity contribution < 1.29 is 19.0 Å². The van der Waals surface area contributed by atoms with Crippen molar-refractivity contribution in [1.29, 1.82) is 0 Å². The zero-order valence-corrected chi connectivity index (χ0v) is 25.9. The van der Waals surface area contributed by atoms with E-state index in [-0.39, 0.29) is 24.8 Å². The van der Waals surface area contributed by atoms with Crippen LogP contribution in [0.2, 0.25) is 0 Å². The molecule has 1 saturated heterocycles. The molecule has 10 heteroatoms. The van der Waals surface area contributed by atoms with Gasteiger partial charge in [0.25, 0.3) is 0 Å². The van der Waals surface area contributed by atoms with Crippen LogP contribution in [0.4, 0.5) is 11.4 Å². The summed E-state index contributed by atoms with van der Waals surface area (Å²) in [5, 5.41) is 7.11. The number of ether oxygens (including phenoxy) is 3. The number of carbonyl (C=O) groups excluding carboxylic acids is 1. The molecular formula is C33H35N5O4S. The average Bonchev–Trinajstić information content (AvgIpc) is 3.67. The lowest BCUT2D eigenvalue weighted by Crippen LogP contribution is -2.30. The Bertz CT molecular complexity index is 1710. The number of carbonyl (C=O) groups is 1. The maximum atomic E-state index is 12.8. The third-order valence-corrected chi connectivity index (χ3v) is 8.21. The van der Waals surface area contributed by atoms with Crippen LogP contribution in [-0.4, -0.2) is 34.5 Å². The molecule has 222 valence electrons. The summed E-state index contributed by atoms with van der Waals surface area (Å²) in [5.41, 5.74) is 5.99. The largest absolute Gasteiger partial charge is 0.494 e. The molecule has 2 aromatic heterocycles. The fourth-order valence-corrected chi connectivity index (χ4v) is 6.05. The van der Waals surface area contributed by atoms with E-state index in [2.05, 4.69) is 40.0 Å². The smallest absolute Gasteiger partial charge is 0.231 e. The van der Waals surface area contributed by atoms with Crippen LogP contribution >= 0.6 is 12.2 Å². The third kappa shape index (κ3) is 5.16. The van der Waals surface area contributed by atoms with E-state index >= 15 is 0 Å². The Morgan fingerprint density at radius 3 is 2.53 bits per heavy atom. The quantitative estimate of drug-likeness (QED) is 0.247. The number of anilines is 2. The summed E-state index contributed by atoms with van der Waals surface area (Å²) < 4.78 is 19.2. The van der Waals surface area contributed by atoms with Crippen molar-refractivity contribution in [3.8, 4) is 22.9 Å². The molecule has 6 rings (SSSR count). The van der Waals surface area contributed by atoms with Crippen molar-refractivity contribution in [3.05, 3.63) is 89.5 Å². The summed E-state index contributed by atoms with van der Waals surface area (Å²) in [6.07, 6.45) is 1.80. The van der Waals surface area contributed by atoms with Gasteiger partial charge in [-0.1, -0.05) is 26.8 Å². The second kappa shape index (κ2) is 10.9. The lowest BCUT2D eigenvalue weighted by Gasteiger charge is -2.29. The number of amides is 1. The highest BCUT2D eigenvalue weighted by atomic mass is 32.1. The Hall–Kier alpha value is -4.57. The highest BCUT2D eigenvalue weighted by molar-refractivity contribution is 7.80. The number of nitrogens with zero attached hydrogens (tertiary/aromatic N) is 3. The highest BCUT2D eigenvalue weighted by Gasteiger charge is 2.42. The van der Waals surface area contributed by atoms with E-state index in [0.29, 0.717) is 16.5 Å². The van der Waals surface area contributed by atoms with Gasteiger partial charge < -0.3 is 34.3 Å². The molecule has 0 radical (unpaired) electrons. The van der Waals surface area contributed by atoms with Gasteiger partial charge in [0.2, 0.25) is 12.7 Å². The van der Waals surface area contributed by atoms with Crippen molar-refractivity contribution in [2.45, 2.75) is 46.7 Å². The summed E-state index contributed by atoms with van der Waals surface area (Å²) in [7, 11) is 1.60. The summed E-state index contributed by atoms with van der Waals surface area (Å²) in [6, 6.07) is 19.4. The van der Waals surface area contributed by atoms with Crippen LogP contribution in [0.15, 0.2) is 66.9 Å². The monoisotopic (exact) mass is 597 g/mol. The van der Waals surface area contributed by atoms with Gasteiger partial charge in [0, 0.05) is 46.5 Å². The van der Waals surface area contributed by atoms with Gasteiger partial charge in [-0.2, -0.15) is 0 Å².